The van der Waals surface area contributed by atoms with E-state index in [9.17, 15) is 4.79 Å². The number of piperazine rings is 1. The highest BCUT2D eigenvalue weighted by Gasteiger charge is 2.29. The molecule has 1 aromatic carbocycles. The Hall–Kier alpha value is -1.30. The van der Waals surface area contributed by atoms with E-state index < -0.39 is 0 Å². The third-order valence-corrected chi connectivity index (χ3v) is 3.70. The zero-order valence-electron chi connectivity index (χ0n) is 12.2. The van der Waals surface area contributed by atoms with Crippen molar-refractivity contribution in [1.82, 2.24) is 10.2 Å². The minimum atomic E-state index is -0.242. The Labute approximate surface area is 130 Å². The number of benzene rings is 1. The first-order valence-electron chi connectivity index (χ1n) is 7.21. The van der Waals surface area contributed by atoms with Crippen LogP contribution in [0.1, 0.15) is 6.92 Å². The molecule has 5 nitrogen and oxygen atoms in total. The first kappa shape index (κ1) is 16.1. The van der Waals surface area contributed by atoms with Crippen LogP contribution in [0.5, 0.6) is 5.75 Å². The highest BCUT2D eigenvalue weighted by atomic mass is 35.5. The van der Waals surface area contributed by atoms with Gasteiger partial charge in [-0.25, -0.2) is 0 Å². The minimum Gasteiger partial charge on any atom is -0.491 e. The Kier molecular flexibility index (Phi) is 6.29. The zero-order valence-corrected chi connectivity index (χ0v) is 12.9. The Balaban J connectivity index is 1.85. The minimum absolute atomic E-state index is 0.178. The quantitative estimate of drug-likeness (QED) is 0.808. The molecule has 1 aliphatic heterocycles. The van der Waals surface area contributed by atoms with Gasteiger partial charge >= 0.3 is 5.97 Å². The molecule has 1 N–H and O–H groups in total. The summed E-state index contributed by atoms with van der Waals surface area (Å²) in [5, 5.41) is 3.81. The van der Waals surface area contributed by atoms with Crippen molar-refractivity contribution >= 4 is 17.6 Å². The Morgan fingerprint density at radius 3 is 3.05 bits per heavy atom. The molecule has 21 heavy (non-hydrogen) atoms. The smallest absolute Gasteiger partial charge is 0.324 e. The van der Waals surface area contributed by atoms with E-state index in [-0.39, 0.29) is 12.0 Å². The number of nitrogens with zero attached hydrogens (tertiary/aromatic N) is 1. The third-order valence-electron chi connectivity index (χ3n) is 3.39. The van der Waals surface area contributed by atoms with Gasteiger partial charge in [-0.05, 0) is 19.1 Å². The monoisotopic (exact) mass is 312 g/mol. The summed E-state index contributed by atoms with van der Waals surface area (Å²) in [6.45, 7) is 5.65. The van der Waals surface area contributed by atoms with Gasteiger partial charge in [-0.2, -0.15) is 0 Å². The molecule has 0 aromatic heterocycles. The normalized spacial score (nSPS) is 19.2. The van der Waals surface area contributed by atoms with Gasteiger partial charge in [0, 0.05) is 26.2 Å². The topological polar surface area (TPSA) is 50.8 Å². The molecule has 1 atom stereocenters. The lowest BCUT2D eigenvalue weighted by atomic mass is 10.2. The second kappa shape index (κ2) is 8.22. The summed E-state index contributed by atoms with van der Waals surface area (Å²) >= 11 is 6.04. The predicted molar refractivity (Wildman–Crippen MR) is 81.8 cm³/mol. The van der Waals surface area contributed by atoms with Crippen LogP contribution in [0, 0.1) is 0 Å². The summed E-state index contributed by atoms with van der Waals surface area (Å²) < 4.78 is 10.8. The molecule has 1 aliphatic rings. The van der Waals surface area contributed by atoms with Crippen molar-refractivity contribution < 1.29 is 14.3 Å². The second-order valence-electron chi connectivity index (χ2n) is 4.79. The summed E-state index contributed by atoms with van der Waals surface area (Å²) in [5.41, 5.74) is 0. The molecule has 0 bridgehead atoms. The highest BCUT2D eigenvalue weighted by molar-refractivity contribution is 6.32. The van der Waals surface area contributed by atoms with Crippen molar-refractivity contribution in [2.75, 3.05) is 39.4 Å². The van der Waals surface area contributed by atoms with Gasteiger partial charge < -0.3 is 14.8 Å². The number of nitrogens with one attached hydrogen (secondary N) is 1. The molecule has 0 saturated carbocycles. The molecule has 1 aromatic rings. The largest absolute Gasteiger partial charge is 0.491 e. The summed E-state index contributed by atoms with van der Waals surface area (Å²) in [4.78, 5) is 14.0. The molecular weight excluding hydrogens is 292 g/mol. The number of rotatable bonds is 6. The Morgan fingerprint density at radius 2 is 2.29 bits per heavy atom. The van der Waals surface area contributed by atoms with Crippen LogP contribution >= 0.6 is 11.6 Å². The SMILES string of the molecule is CCOC(=O)C1CNCCN1CCOc1ccccc1Cl. The zero-order chi connectivity index (χ0) is 15.1. The number of hydrogen-bond donors (Lipinski definition) is 1. The van der Waals surface area contributed by atoms with Crippen LogP contribution in [0.15, 0.2) is 24.3 Å². The molecule has 2 rings (SSSR count). The average molecular weight is 313 g/mol. The maximum absolute atomic E-state index is 11.9. The summed E-state index contributed by atoms with van der Waals surface area (Å²) in [6, 6.07) is 7.13. The van der Waals surface area contributed by atoms with Crippen LogP contribution in [0.2, 0.25) is 5.02 Å². The summed E-state index contributed by atoms with van der Waals surface area (Å²) in [5.74, 6) is 0.490. The lowest BCUT2D eigenvalue weighted by Crippen LogP contribution is -2.56. The fourth-order valence-electron chi connectivity index (χ4n) is 2.32. The van der Waals surface area contributed by atoms with Crippen LogP contribution in [0.25, 0.3) is 0 Å². The van der Waals surface area contributed by atoms with Crippen LogP contribution in [0.3, 0.4) is 0 Å². The maximum atomic E-state index is 11.9. The van der Waals surface area contributed by atoms with Gasteiger partial charge in [0.2, 0.25) is 0 Å². The molecule has 1 saturated heterocycles. The van der Waals surface area contributed by atoms with E-state index in [2.05, 4.69) is 10.2 Å². The number of hydrogen-bond acceptors (Lipinski definition) is 5. The van der Waals surface area contributed by atoms with E-state index in [4.69, 9.17) is 21.1 Å². The van der Waals surface area contributed by atoms with Crippen molar-refractivity contribution in [1.29, 1.82) is 0 Å². The molecule has 0 amide bonds. The van der Waals surface area contributed by atoms with Crippen molar-refractivity contribution in [3.8, 4) is 5.75 Å². The fraction of sp³-hybridized carbons (Fsp3) is 0.533. The Morgan fingerprint density at radius 1 is 1.48 bits per heavy atom. The van der Waals surface area contributed by atoms with E-state index in [1.54, 1.807) is 6.07 Å². The van der Waals surface area contributed by atoms with Gasteiger partial charge in [-0.3, -0.25) is 9.69 Å². The van der Waals surface area contributed by atoms with Gasteiger partial charge in [0.25, 0.3) is 0 Å². The van der Waals surface area contributed by atoms with Crippen LogP contribution < -0.4 is 10.1 Å². The van der Waals surface area contributed by atoms with Gasteiger partial charge in [0.15, 0.2) is 0 Å². The first-order valence-corrected chi connectivity index (χ1v) is 7.59. The highest BCUT2D eigenvalue weighted by Crippen LogP contribution is 2.23. The maximum Gasteiger partial charge on any atom is 0.324 e. The molecule has 116 valence electrons. The molecular formula is C15H21ClN2O3. The average Bonchev–Trinajstić information content (AvgIpc) is 2.50. The standard InChI is InChI=1S/C15H21ClN2O3/c1-2-20-15(19)13-11-17-7-8-18(13)9-10-21-14-6-4-3-5-12(14)16/h3-6,13,17H,2,7-11H2,1H3. The lowest BCUT2D eigenvalue weighted by molar-refractivity contribution is -0.150. The predicted octanol–water partition coefficient (Wildman–Crippen LogP) is 1.56. The van der Waals surface area contributed by atoms with Crippen molar-refractivity contribution in [2.24, 2.45) is 0 Å². The molecule has 0 radical (unpaired) electrons. The van der Waals surface area contributed by atoms with E-state index in [1.807, 2.05) is 25.1 Å². The lowest BCUT2D eigenvalue weighted by Gasteiger charge is -2.34. The van der Waals surface area contributed by atoms with Crippen LogP contribution in [-0.4, -0.2) is 56.3 Å². The van der Waals surface area contributed by atoms with Crippen LogP contribution in [-0.2, 0) is 9.53 Å². The van der Waals surface area contributed by atoms with E-state index in [0.29, 0.717) is 37.1 Å². The summed E-state index contributed by atoms with van der Waals surface area (Å²) in [7, 11) is 0. The number of carbonyl (C=O) groups is 1. The fourth-order valence-corrected chi connectivity index (χ4v) is 2.51. The number of carbonyl (C=O) groups excluding carboxylic acids is 1. The van der Waals surface area contributed by atoms with Crippen molar-refractivity contribution in [3.63, 3.8) is 0 Å². The Bertz CT molecular complexity index is 470. The van der Waals surface area contributed by atoms with Gasteiger partial charge in [-0.15, -0.1) is 0 Å². The molecule has 1 fully saturated rings. The molecule has 0 spiro atoms. The summed E-state index contributed by atoms with van der Waals surface area (Å²) in [6.07, 6.45) is 0. The number of esters is 1. The number of halogens is 1. The van der Waals surface area contributed by atoms with Crippen molar-refractivity contribution in [2.45, 2.75) is 13.0 Å². The number of ether oxygens (including phenoxy) is 2. The van der Waals surface area contributed by atoms with Gasteiger partial charge in [0.1, 0.15) is 18.4 Å². The molecule has 1 heterocycles. The van der Waals surface area contributed by atoms with Gasteiger partial charge in [0.05, 0.1) is 11.6 Å². The molecule has 6 heteroatoms. The first-order chi connectivity index (χ1) is 10.2. The second-order valence-corrected chi connectivity index (χ2v) is 5.19. The molecule has 0 aliphatic carbocycles. The van der Waals surface area contributed by atoms with E-state index in [1.165, 1.54) is 0 Å². The van der Waals surface area contributed by atoms with Gasteiger partial charge in [-0.1, -0.05) is 23.7 Å². The van der Waals surface area contributed by atoms with Crippen molar-refractivity contribution in [3.05, 3.63) is 29.3 Å². The number of para-hydroxylation sites is 1. The third kappa shape index (κ3) is 4.59. The molecule has 1 unspecified atom stereocenters. The van der Waals surface area contributed by atoms with E-state index in [0.717, 1.165) is 13.1 Å². The van der Waals surface area contributed by atoms with E-state index >= 15 is 0 Å². The van der Waals surface area contributed by atoms with Crippen LogP contribution in [0.4, 0.5) is 0 Å².